The number of nitrogens with zero attached hydrogens (tertiary/aromatic N) is 1. The summed E-state index contributed by atoms with van der Waals surface area (Å²) in [5.41, 5.74) is 4.79. The molecular formula is C13H15N3O5. The van der Waals surface area contributed by atoms with Gasteiger partial charge in [0.2, 0.25) is 12.7 Å². The second kappa shape index (κ2) is 4.59. The Hall–Kier alpha value is -2.35. The minimum atomic E-state index is -1.04. The van der Waals surface area contributed by atoms with E-state index in [1.165, 1.54) is 12.1 Å². The van der Waals surface area contributed by atoms with Crippen LogP contribution in [-0.2, 0) is 4.79 Å². The number of ether oxygens (including phenoxy) is 2. The highest BCUT2D eigenvalue weighted by atomic mass is 16.7. The molecular weight excluding hydrogens is 278 g/mol. The highest BCUT2D eigenvalue weighted by molar-refractivity contribution is 6.00. The van der Waals surface area contributed by atoms with Crippen LogP contribution in [0, 0.1) is 16.0 Å². The fourth-order valence-electron chi connectivity index (χ4n) is 2.31. The van der Waals surface area contributed by atoms with Crippen LogP contribution in [0.1, 0.15) is 19.8 Å². The summed E-state index contributed by atoms with van der Waals surface area (Å²) < 4.78 is 10.3. The van der Waals surface area contributed by atoms with Gasteiger partial charge in [0.25, 0.3) is 5.69 Å². The molecule has 0 radical (unpaired) electrons. The Morgan fingerprint density at radius 2 is 2.05 bits per heavy atom. The van der Waals surface area contributed by atoms with Gasteiger partial charge in [-0.15, -0.1) is 0 Å². The van der Waals surface area contributed by atoms with Gasteiger partial charge in [0, 0.05) is 6.07 Å². The quantitative estimate of drug-likeness (QED) is 0.640. The SMILES string of the molecule is CC(N)(C(=O)Nc1cc2c(cc1[N+](=O)[O-])OCO2)C1CC1. The van der Waals surface area contributed by atoms with Crippen LogP contribution in [0.3, 0.4) is 0 Å². The average Bonchev–Trinajstić information content (AvgIpc) is 3.18. The van der Waals surface area contributed by atoms with E-state index < -0.39 is 16.4 Å². The van der Waals surface area contributed by atoms with E-state index in [1.54, 1.807) is 6.92 Å². The van der Waals surface area contributed by atoms with Crippen LogP contribution in [0.15, 0.2) is 12.1 Å². The fraction of sp³-hybridized carbons (Fsp3) is 0.462. The number of nitrogens with one attached hydrogen (secondary N) is 1. The number of rotatable bonds is 4. The third-order valence-electron chi connectivity index (χ3n) is 3.85. The number of nitro benzene ring substituents is 1. The van der Waals surface area contributed by atoms with Gasteiger partial charge in [-0.25, -0.2) is 0 Å². The van der Waals surface area contributed by atoms with Crippen LogP contribution in [0.4, 0.5) is 11.4 Å². The molecule has 1 heterocycles. The molecule has 1 aliphatic carbocycles. The molecule has 0 aromatic heterocycles. The van der Waals surface area contributed by atoms with E-state index in [0.717, 1.165) is 12.8 Å². The molecule has 1 fully saturated rings. The second-order valence-corrected chi connectivity index (χ2v) is 5.49. The van der Waals surface area contributed by atoms with E-state index in [9.17, 15) is 14.9 Å². The van der Waals surface area contributed by atoms with Gasteiger partial charge in [-0.2, -0.15) is 0 Å². The Morgan fingerprint density at radius 1 is 1.43 bits per heavy atom. The maximum Gasteiger partial charge on any atom is 0.296 e. The number of carbonyl (C=O) groups is 1. The first-order valence-corrected chi connectivity index (χ1v) is 6.58. The van der Waals surface area contributed by atoms with E-state index in [-0.39, 0.29) is 29.8 Å². The zero-order valence-corrected chi connectivity index (χ0v) is 11.4. The number of fused-ring (bicyclic) bond motifs is 1. The largest absolute Gasteiger partial charge is 0.454 e. The first-order valence-electron chi connectivity index (χ1n) is 6.58. The summed E-state index contributed by atoms with van der Waals surface area (Å²) in [6.07, 6.45) is 1.79. The van der Waals surface area contributed by atoms with Crippen LogP contribution >= 0.6 is 0 Å². The molecule has 8 nitrogen and oxygen atoms in total. The first kappa shape index (κ1) is 13.6. The number of anilines is 1. The number of hydrogen-bond acceptors (Lipinski definition) is 6. The van der Waals surface area contributed by atoms with Crippen molar-refractivity contribution in [2.75, 3.05) is 12.1 Å². The lowest BCUT2D eigenvalue weighted by atomic mass is 9.96. The van der Waals surface area contributed by atoms with Crippen molar-refractivity contribution in [2.45, 2.75) is 25.3 Å². The molecule has 0 spiro atoms. The number of nitro groups is 1. The number of carbonyl (C=O) groups excluding carboxylic acids is 1. The second-order valence-electron chi connectivity index (χ2n) is 5.49. The summed E-state index contributed by atoms with van der Waals surface area (Å²) in [7, 11) is 0. The van der Waals surface area contributed by atoms with Crippen molar-refractivity contribution in [2.24, 2.45) is 11.7 Å². The number of amides is 1. The van der Waals surface area contributed by atoms with Gasteiger partial charge < -0.3 is 20.5 Å². The van der Waals surface area contributed by atoms with Crippen molar-refractivity contribution in [3.8, 4) is 11.5 Å². The van der Waals surface area contributed by atoms with Gasteiger partial charge in [-0.3, -0.25) is 14.9 Å². The van der Waals surface area contributed by atoms with Gasteiger partial charge in [-0.05, 0) is 25.7 Å². The zero-order chi connectivity index (χ0) is 15.2. The van der Waals surface area contributed by atoms with Crippen LogP contribution in [0.2, 0.25) is 0 Å². The minimum absolute atomic E-state index is 0.000561. The van der Waals surface area contributed by atoms with Gasteiger partial charge in [0.15, 0.2) is 11.5 Å². The van der Waals surface area contributed by atoms with Gasteiger partial charge in [0.05, 0.1) is 16.5 Å². The molecule has 1 saturated carbocycles. The summed E-state index contributed by atoms with van der Waals surface area (Å²) in [5.74, 6) is 0.330. The molecule has 0 saturated heterocycles. The van der Waals surface area contributed by atoms with E-state index in [0.29, 0.717) is 5.75 Å². The van der Waals surface area contributed by atoms with E-state index >= 15 is 0 Å². The molecule has 3 rings (SSSR count). The van der Waals surface area contributed by atoms with E-state index in [4.69, 9.17) is 15.2 Å². The third kappa shape index (κ3) is 2.38. The molecule has 1 aromatic carbocycles. The summed E-state index contributed by atoms with van der Waals surface area (Å²) in [6, 6.07) is 2.63. The molecule has 21 heavy (non-hydrogen) atoms. The van der Waals surface area contributed by atoms with Crippen LogP contribution in [0.5, 0.6) is 11.5 Å². The lowest BCUT2D eigenvalue weighted by molar-refractivity contribution is -0.384. The van der Waals surface area contributed by atoms with Gasteiger partial charge >= 0.3 is 0 Å². The highest BCUT2D eigenvalue weighted by Crippen LogP contribution is 2.42. The van der Waals surface area contributed by atoms with E-state index in [2.05, 4.69) is 5.32 Å². The maximum atomic E-state index is 12.3. The third-order valence-corrected chi connectivity index (χ3v) is 3.85. The van der Waals surface area contributed by atoms with Crippen molar-refractivity contribution < 1.29 is 19.2 Å². The summed E-state index contributed by atoms with van der Waals surface area (Å²) in [4.78, 5) is 22.8. The summed E-state index contributed by atoms with van der Waals surface area (Å²) >= 11 is 0. The predicted octanol–water partition coefficient (Wildman–Crippen LogP) is 1.39. The van der Waals surface area contributed by atoms with Crippen molar-refractivity contribution in [1.29, 1.82) is 0 Å². The van der Waals surface area contributed by atoms with Crippen LogP contribution in [0.25, 0.3) is 0 Å². The van der Waals surface area contributed by atoms with Gasteiger partial charge in [-0.1, -0.05) is 0 Å². The monoisotopic (exact) mass is 293 g/mol. The standard InChI is InChI=1S/C13H15N3O5/c1-13(14,7-2-3-7)12(17)15-8-4-10-11(21-6-20-10)5-9(8)16(18)19/h4-5,7H,2-3,6,14H2,1H3,(H,15,17). The van der Waals surface area contributed by atoms with E-state index in [1.807, 2.05) is 0 Å². The first-order chi connectivity index (χ1) is 9.89. The molecule has 1 aromatic rings. The molecule has 3 N–H and O–H groups in total. The predicted molar refractivity (Wildman–Crippen MR) is 73.2 cm³/mol. The summed E-state index contributed by atoms with van der Waals surface area (Å²) in [6.45, 7) is 1.64. The Bertz CT molecular complexity index is 624. The van der Waals surface area contributed by atoms with Crippen molar-refractivity contribution in [3.63, 3.8) is 0 Å². The van der Waals surface area contributed by atoms with Crippen molar-refractivity contribution >= 4 is 17.3 Å². The van der Waals surface area contributed by atoms with Gasteiger partial charge in [0.1, 0.15) is 5.69 Å². The molecule has 0 bridgehead atoms. The Labute approximate surface area is 120 Å². The highest BCUT2D eigenvalue weighted by Gasteiger charge is 2.44. The Balaban J connectivity index is 1.90. The molecule has 112 valence electrons. The Morgan fingerprint density at radius 3 is 2.62 bits per heavy atom. The normalized spacial score (nSPS) is 19.0. The zero-order valence-electron chi connectivity index (χ0n) is 11.4. The maximum absolute atomic E-state index is 12.3. The molecule has 1 unspecified atom stereocenters. The molecule has 2 aliphatic rings. The van der Waals surface area contributed by atoms with Crippen LogP contribution < -0.4 is 20.5 Å². The Kier molecular flexibility index (Phi) is 2.98. The average molecular weight is 293 g/mol. The minimum Gasteiger partial charge on any atom is -0.454 e. The lowest BCUT2D eigenvalue weighted by Gasteiger charge is -2.23. The summed E-state index contributed by atoms with van der Waals surface area (Å²) in [5, 5.41) is 13.7. The van der Waals surface area contributed by atoms with Crippen LogP contribution in [-0.4, -0.2) is 23.2 Å². The number of nitrogens with two attached hydrogens (primary N) is 1. The molecule has 8 heteroatoms. The molecule has 1 atom stereocenters. The molecule has 1 aliphatic heterocycles. The smallest absolute Gasteiger partial charge is 0.296 e. The van der Waals surface area contributed by atoms with Crippen molar-refractivity contribution in [3.05, 3.63) is 22.2 Å². The molecule has 1 amide bonds. The fourth-order valence-corrected chi connectivity index (χ4v) is 2.31. The number of hydrogen-bond donors (Lipinski definition) is 2. The number of benzene rings is 1. The topological polar surface area (TPSA) is 117 Å². The van der Waals surface area contributed by atoms with Crippen molar-refractivity contribution in [1.82, 2.24) is 0 Å². The lowest BCUT2D eigenvalue weighted by Crippen LogP contribution is -2.50.